The topological polar surface area (TPSA) is 96.6 Å². The van der Waals surface area contributed by atoms with Gasteiger partial charge < -0.3 is 24.4 Å². The number of aliphatic hydroxyl groups is 1. The van der Waals surface area contributed by atoms with Crippen molar-refractivity contribution in [2.45, 2.75) is 19.9 Å². The lowest BCUT2D eigenvalue weighted by Crippen LogP contribution is -2.35. The molecule has 0 aliphatic carbocycles. The molecule has 3 aromatic rings. The van der Waals surface area contributed by atoms with E-state index in [4.69, 9.17) is 9.47 Å². The number of likely N-dealkylation sites (N-methyl/N-ethyl adjacent to an activating group) is 1. The number of rotatable bonds is 7. The number of ketones is 1. The molecule has 0 bridgehead atoms. The Morgan fingerprint density at radius 2 is 1.89 bits per heavy atom. The second-order valence-electron chi connectivity index (χ2n) is 8.83. The Balaban J connectivity index is 2.00. The summed E-state index contributed by atoms with van der Waals surface area (Å²) in [5, 5.41) is 11.6. The first-order valence-corrected chi connectivity index (χ1v) is 11.3. The molecule has 1 amide bonds. The first kappa shape index (κ1) is 24.3. The summed E-state index contributed by atoms with van der Waals surface area (Å²) >= 11 is 0. The number of carbonyl (C=O) groups is 2. The fourth-order valence-electron chi connectivity index (χ4n) is 4.52. The molecule has 0 radical (unpaired) electrons. The van der Waals surface area contributed by atoms with Crippen LogP contribution in [0.2, 0.25) is 0 Å². The Morgan fingerprint density at radius 1 is 1.14 bits per heavy atom. The largest absolute Gasteiger partial charge is 0.505 e. The van der Waals surface area contributed by atoms with Crippen LogP contribution in [0, 0.1) is 13.8 Å². The van der Waals surface area contributed by atoms with Crippen molar-refractivity contribution in [3.63, 3.8) is 0 Å². The van der Waals surface area contributed by atoms with Crippen LogP contribution >= 0.6 is 0 Å². The molecule has 1 aliphatic rings. The van der Waals surface area contributed by atoms with Gasteiger partial charge in [-0.3, -0.25) is 14.0 Å². The summed E-state index contributed by atoms with van der Waals surface area (Å²) in [5.74, 6) is -0.685. The highest BCUT2D eigenvalue weighted by Crippen LogP contribution is 2.44. The zero-order valence-electron chi connectivity index (χ0n) is 20.8. The van der Waals surface area contributed by atoms with E-state index in [0.717, 1.165) is 5.56 Å². The van der Waals surface area contributed by atoms with Gasteiger partial charge in [0, 0.05) is 24.8 Å². The third-order valence-electron chi connectivity index (χ3n) is 6.30. The van der Waals surface area contributed by atoms with Gasteiger partial charge in [0.25, 0.3) is 11.7 Å². The Morgan fingerprint density at radius 3 is 2.54 bits per heavy atom. The maximum Gasteiger partial charge on any atom is 0.295 e. The highest BCUT2D eigenvalue weighted by molar-refractivity contribution is 6.46. The van der Waals surface area contributed by atoms with Crippen molar-refractivity contribution in [1.82, 2.24) is 19.2 Å². The van der Waals surface area contributed by atoms with Crippen molar-refractivity contribution >= 4 is 23.1 Å². The van der Waals surface area contributed by atoms with Crippen LogP contribution in [0.3, 0.4) is 0 Å². The molecule has 35 heavy (non-hydrogen) atoms. The molecule has 4 rings (SSSR count). The number of amides is 1. The first-order valence-electron chi connectivity index (χ1n) is 11.3. The van der Waals surface area contributed by atoms with Crippen LogP contribution in [0.1, 0.15) is 28.6 Å². The van der Waals surface area contributed by atoms with Crippen LogP contribution in [0.25, 0.3) is 11.4 Å². The number of carbonyl (C=O) groups excluding carboxylic acids is 2. The highest BCUT2D eigenvalue weighted by atomic mass is 16.5. The zero-order chi connectivity index (χ0) is 25.4. The number of nitrogens with zero attached hydrogens (tertiary/aromatic N) is 4. The van der Waals surface area contributed by atoms with Gasteiger partial charge in [-0.15, -0.1) is 0 Å². The van der Waals surface area contributed by atoms with Gasteiger partial charge >= 0.3 is 0 Å². The summed E-state index contributed by atoms with van der Waals surface area (Å²) in [6.45, 7) is 4.51. The standard InChI is InChI=1S/C26H30N4O5/c1-15-8-7-11-29-21(16(2)27-25(15)29)23(31)20-22(18-14-17(34-5)9-10-19(18)35-6)30(13-12-28(3)4)26(33)24(20)32/h7-11,14,22,31H,12-13H2,1-6H3/b23-20+. The number of methoxy groups -OCH3 is 2. The molecule has 2 aromatic heterocycles. The minimum atomic E-state index is -0.866. The number of pyridine rings is 1. The molecule has 1 aromatic carbocycles. The zero-order valence-corrected chi connectivity index (χ0v) is 20.8. The highest BCUT2D eigenvalue weighted by Gasteiger charge is 2.47. The monoisotopic (exact) mass is 478 g/mol. The van der Waals surface area contributed by atoms with E-state index >= 15 is 0 Å². The molecule has 0 spiro atoms. The number of benzene rings is 1. The summed E-state index contributed by atoms with van der Waals surface area (Å²) in [5.41, 5.74) is 3.06. The van der Waals surface area contributed by atoms with Crippen LogP contribution in [0.5, 0.6) is 11.5 Å². The van der Waals surface area contributed by atoms with Gasteiger partial charge in [-0.25, -0.2) is 4.98 Å². The molecule has 9 heteroatoms. The van der Waals surface area contributed by atoms with Crippen LogP contribution in [-0.4, -0.2) is 77.4 Å². The average molecular weight is 479 g/mol. The van der Waals surface area contributed by atoms with E-state index in [1.54, 1.807) is 42.8 Å². The Bertz CT molecular complexity index is 1340. The van der Waals surface area contributed by atoms with Crippen LogP contribution < -0.4 is 9.47 Å². The van der Waals surface area contributed by atoms with Crippen LogP contribution in [0.15, 0.2) is 42.1 Å². The SMILES string of the molecule is COc1ccc(OC)c(C2/C(=C(\O)c3c(C)nc4c(C)cccn34)C(=O)C(=O)N2CCN(C)C)c1. The van der Waals surface area contributed by atoms with Crippen molar-refractivity contribution in [1.29, 1.82) is 0 Å². The summed E-state index contributed by atoms with van der Waals surface area (Å²) < 4.78 is 12.8. The second-order valence-corrected chi connectivity index (χ2v) is 8.83. The van der Waals surface area contributed by atoms with E-state index in [9.17, 15) is 14.7 Å². The number of imidazole rings is 1. The molecule has 1 N–H and O–H groups in total. The van der Waals surface area contributed by atoms with E-state index < -0.39 is 17.7 Å². The number of hydrogen-bond donors (Lipinski definition) is 1. The molecular weight excluding hydrogens is 448 g/mol. The van der Waals surface area contributed by atoms with Crippen molar-refractivity contribution in [2.75, 3.05) is 41.4 Å². The number of aliphatic hydroxyl groups excluding tert-OH is 1. The van der Waals surface area contributed by atoms with Gasteiger partial charge in [-0.2, -0.15) is 0 Å². The molecule has 1 fully saturated rings. The van der Waals surface area contributed by atoms with Crippen molar-refractivity contribution < 1.29 is 24.2 Å². The number of likely N-dealkylation sites (tertiary alicyclic amines) is 1. The average Bonchev–Trinajstić information content (AvgIpc) is 3.31. The third-order valence-corrected chi connectivity index (χ3v) is 6.30. The van der Waals surface area contributed by atoms with Crippen molar-refractivity contribution in [3.8, 4) is 11.5 Å². The van der Waals surface area contributed by atoms with Crippen LogP contribution in [-0.2, 0) is 9.59 Å². The fraction of sp³-hybridized carbons (Fsp3) is 0.346. The predicted molar refractivity (Wildman–Crippen MR) is 132 cm³/mol. The maximum atomic E-state index is 13.4. The van der Waals surface area contributed by atoms with Gasteiger partial charge in [-0.1, -0.05) is 6.07 Å². The smallest absolute Gasteiger partial charge is 0.295 e. The molecule has 1 saturated heterocycles. The van der Waals surface area contributed by atoms with E-state index in [1.807, 2.05) is 38.1 Å². The van der Waals surface area contributed by atoms with Crippen molar-refractivity contribution in [2.24, 2.45) is 0 Å². The Hall–Kier alpha value is -3.85. The predicted octanol–water partition coefficient (Wildman–Crippen LogP) is 2.95. The number of aryl methyl sites for hydroxylation is 2. The molecule has 3 heterocycles. The van der Waals surface area contributed by atoms with Gasteiger partial charge in [0.1, 0.15) is 22.8 Å². The van der Waals surface area contributed by atoms with E-state index in [2.05, 4.69) is 4.98 Å². The number of hydrogen-bond acceptors (Lipinski definition) is 7. The lowest BCUT2D eigenvalue weighted by atomic mass is 9.95. The molecular formula is C26H30N4O5. The minimum absolute atomic E-state index is 0.00767. The normalized spacial score (nSPS) is 17.6. The number of fused-ring (bicyclic) bond motifs is 1. The van der Waals surface area contributed by atoms with E-state index in [0.29, 0.717) is 40.6 Å². The number of aromatic nitrogens is 2. The number of ether oxygens (including phenoxy) is 2. The minimum Gasteiger partial charge on any atom is -0.505 e. The molecule has 1 atom stereocenters. The third kappa shape index (κ3) is 4.12. The van der Waals surface area contributed by atoms with Gasteiger partial charge in [-0.05, 0) is 57.8 Å². The summed E-state index contributed by atoms with van der Waals surface area (Å²) in [6.07, 6.45) is 1.78. The quantitative estimate of drug-likeness (QED) is 0.317. The van der Waals surface area contributed by atoms with Crippen LogP contribution in [0.4, 0.5) is 0 Å². The fourth-order valence-corrected chi connectivity index (χ4v) is 4.52. The van der Waals surface area contributed by atoms with E-state index in [1.165, 1.54) is 12.0 Å². The van der Waals surface area contributed by atoms with Gasteiger partial charge in [0.15, 0.2) is 5.76 Å². The van der Waals surface area contributed by atoms with E-state index in [-0.39, 0.29) is 17.9 Å². The van der Waals surface area contributed by atoms with Crippen molar-refractivity contribution in [3.05, 3.63) is 64.6 Å². The summed E-state index contributed by atoms with van der Waals surface area (Å²) in [7, 11) is 6.84. The maximum absolute atomic E-state index is 13.4. The Kier molecular flexibility index (Phi) is 6.53. The molecule has 9 nitrogen and oxygen atoms in total. The lowest BCUT2D eigenvalue weighted by Gasteiger charge is -2.28. The molecule has 184 valence electrons. The molecule has 1 unspecified atom stereocenters. The number of Topliss-reactive ketones (excluding diaryl/α,β-unsaturated/α-hetero) is 1. The summed E-state index contributed by atoms with van der Waals surface area (Å²) in [6, 6.07) is 8.10. The van der Waals surface area contributed by atoms with Gasteiger partial charge in [0.05, 0.1) is 31.5 Å². The Labute approximate surface area is 204 Å². The summed E-state index contributed by atoms with van der Waals surface area (Å²) in [4.78, 5) is 34.7. The first-order chi connectivity index (χ1) is 16.7. The molecule has 1 aliphatic heterocycles. The molecule has 0 saturated carbocycles. The second kappa shape index (κ2) is 9.42. The lowest BCUT2D eigenvalue weighted by molar-refractivity contribution is -0.140. The van der Waals surface area contributed by atoms with Gasteiger partial charge in [0.2, 0.25) is 0 Å².